The second-order valence-electron chi connectivity index (χ2n) is 7.06. The van der Waals surface area contributed by atoms with E-state index in [1.165, 1.54) is 0 Å². The minimum atomic E-state index is -0.231. The minimum absolute atomic E-state index is 0.0156. The lowest BCUT2D eigenvalue weighted by atomic mass is 10.2. The van der Waals surface area contributed by atoms with E-state index in [1.54, 1.807) is 46.2 Å². The highest BCUT2D eigenvalue weighted by atomic mass is 35.5. The van der Waals surface area contributed by atoms with Crippen molar-refractivity contribution in [2.24, 2.45) is 0 Å². The molecule has 6 nitrogen and oxygen atoms in total. The molecule has 31 heavy (non-hydrogen) atoms. The number of thiazole rings is 1. The number of thioether (sulfide) groups is 1. The third-order valence-corrected chi connectivity index (χ3v) is 7.08. The van der Waals surface area contributed by atoms with Crippen LogP contribution in [0.3, 0.4) is 0 Å². The van der Waals surface area contributed by atoms with Gasteiger partial charge in [-0.15, -0.1) is 23.1 Å². The van der Waals surface area contributed by atoms with Gasteiger partial charge in [0.1, 0.15) is 10.8 Å². The Labute approximate surface area is 192 Å². The fourth-order valence-corrected chi connectivity index (χ4v) is 5.39. The molecule has 0 bridgehead atoms. The van der Waals surface area contributed by atoms with Crippen molar-refractivity contribution in [2.75, 3.05) is 12.3 Å². The number of hydrogen-bond acceptors (Lipinski definition) is 6. The van der Waals surface area contributed by atoms with Crippen LogP contribution in [-0.2, 0) is 17.1 Å². The first-order chi connectivity index (χ1) is 15.0. The number of rotatable bonds is 8. The van der Waals surface area contributed by atoms with E-state index in [1.807, 2.05) is 25.1 Å². The Morgan fingerprint density at radius 2 is 2.03 bits per heavy atom. The number of nitrogens with one attached hydrogen (secondary N) is 1. The molecule has 9 heteroatoms. The molecule has 0 atom stereocenters. The smallest absolute Gasteiger partial charge is 0.258 e. The molecule has 4 rings (SSSR count). The molecule has 160 valence electrons. The van der Waals surface area contributed by atoms with Crippen molar-refractivity contribution in [3.05, 3.63) is 68.7 Å². The second kappa shape index (κ2) is 9.80. The van der Waals surface area contributed by atoms with Crippen molar-refractivity contribution < 1.29 is 4.79 Å². The molecule has 2 aromatic heterocycles. The lowest BCUT2D eigenvalue weighted by Crippen LogP contribution is -2.34. The number of amides is 1. The average molecular weight is 473 g/mol. The predicted octanol–water partition coefficient (Wildman–Crippen LogP) is 4.86. The van der Waals surface area contributed by atoms with Crippen molar-refractivity contribution >= 4 is 61.7 Å². The number of aromatic amines is 1. The summed E-state index contributed by atoms with van der Waals surface area (Å²) in [6.07, 6.45) is 0.817. The van der Waals surface area contributed by atoms with Gasteiger partial charge in [-0.1, -0.05) is 30.7 Å². The number of H-pyrrole nitrogens is 1. The summed E-state index contributed by atoms with van der Waals surface area (Å²) in [4.78, 5) is 38.9. The van der Waals surface area contributed by atoms with E-state index in [-0.39, 0.29) is 18.0 Å². The summed E-state index contributed by atoms with van der Waals surface area (Å²) in [6.45, 7) is 2.87. The fraction of sp³-hybridized carbons (Fsp3) is 0.273. The SMILES string of the molecule is CCCN(Cc1nc2cc(Cl)ccc2c(=O)[nH]1)C(=O)CSCc1nc2ccccc2s1. The van der Waals surface area contributed by atoms with Crippen LogP contribution in [-0.4, -0.2) is 38.1 Å². The zero-order valence-electron chi connectivity index (χ0n) is 16.9. The van der Waals surface area contributed by atoms with Gasteiger partial charge in [-0.2, -0.15) is 0 Å². The number of para-hydroxylation sites is 1. The lowest BCUT2D eigenvalue weighted by Gasteiger charge is -2.21. The van der Waals surface area contributed by atoms with Crippen LogP contribution in [0.25, 0.3) is 21.1 Å². The largest absolute Gasteiger partial charge is 0.335 e. The van der Waals surface area contributed by atoms with Crippen LogP contribution < -0.4 is 5.56 Å². The van der Waals surface area contributed by atoms with E-state index in [0.29, 0.717) is 39.8 Å². The first-order valence-corrected chi connectivity index (χ1v) is 12.3. The summed E-state index contributed by atoms with van der Waals surface area (Å²) in [5.41, 5.74) is 1.29. The van der Waals surface area contributed by atoms with Crippen LogP contribution in [0.4, 0.5) is 0 Å². The Hall–Kier alpha value is -2.42. The summed E-state index contributed by atoms with van der Waals surface area (Å²) in [6, 6.07) is 13.0. The van der Waals surface area contributed by atoms with Gasteiger partial charge in [-0.05, 0) is 36.8 Å². The average Bonchev–Trinajstić information content (AvgIpc) is 3.16. The molecular weight excluding hydrogens is 452 g/mol. The second-order valence-corrected chi connectivity index (χ2v) is 9.59. The molecule has 1 amide bonds. The van der Waals surface area contributed by atoms with Crippen molar-refractivity contribution in [3.63, 3.8) is 0 Å². The van der Waals surface area contributed by atoms with E-state index in [9.17, 15) is 9.59 Å². The van der Waals surface area contributed by atoms with E-state index in [0.717, 1.165) is 21.6 Å². The number of carbonyl (C=O) groups is 1. The number of carbonyl (C=O) groups excluding carboxylic acids is 1. The lowest BCUT2D eigenvalue weighted by molar-refractivity contribution is -0.129. The fourth-order valence-electron chi connectivity index (χ4n) is 3.28. The van der Waals surface area contributed by atoms with Crippen molar-refractivity contribution in [2.45, 2.75) is 25.6 Å². The standard InChI is InChI=1S/C22H21ClN4O2S2/c1-2-9-27(11-19-24-17-10-14(23)7-8-15(17)22(29)26-19)21(28)13-30-12-20-25-16-5-3-4-6-18(16)31-20/h3-8,10H,2,9,11-13H2,1H3,(H,24,26,29). The molecule has 0 radical (unpaired) electrons. The van der Waals surface area contributed by atoms with Gasteiger partial charge in [-0.3, -0.25) is 9.59 Å². The van der Waals surface area contributed by atoms with Crippen LogP contribution >= 0.6 is 34.7 Å². The van der Waals surface area contributed by atoms with E-state index in [4.69, 9.17) is 11.6 Å². The van der Waals surface area contributed by atoms with Gasteiger partial charge >= 0.3 is 0 Å². The van der Waals surface area contributed by atoms with E-state index >= 15 is 0 Å². The minimum Gasteiger partial charge on any atom is -0.335 e. The number of nitrogens with zero attached hydrogens (tertiary/aromatic N) is 3. The number of fused-ring (bicyclic) bond motifs is 2. The molecule has 0 aliphatic carbocycles. The van der Waals surface area contributed by atoms with Crippen molar-refractivity contribution in [1.82, 2.24) is 19.9 Å². The third kappa shape index (κ3) is 5.26. The highest BCUT2D eigenvalue weighted by Gasteiger charge is 2.16. The Morgan fingerprint density at radius 1 is 1.19 bits per heavy atom. The summed E-state index contributed by atoms with van der Waals surface area (Å²) >= 11 is 9.24. The summed E-state index contributed by atoms with van der Waals surface area (Å²) in [5.74, 6) is 1.51. The number of hydrogen-bond donors (Lipinski definition) is 1. The quantitative estimate of drug-likeness (QED) is 0.396. The summed E-state index contributed by atoms with van der Waals surface area (Å²) in [7, 11) is 0. The summed E-state index contributed by atoms with van der Waals surface area (Å²) in [5, 5.41) is 2.01. The van der Waals surface area contributed by atoms with Crippen LogP contribution in [0.15, 0.2) is 47.3 Å². The van der Waals surface area contributed by atoms with Gasteiger partial charge in [0.05, 0.1) is 33.4 Å². The normalized spacial score (nSPS) is 11.3. The number of benzene rings is 2. The van der Waals surface area contributed by atoms with Crippen LogP contribution in [0.2, 0.25) is 5.02 Å². The maximum atomic E-state index is 12.8. The van der Waals surface area contributed by atoms with E-state index in [2.05, 4.69) is 21.0 Å². The number of halogens is 1. The van der Waals surface area contributed by atoms with Crippen LogP contribution in [0, 0.1) is 0 Å². The first kappa shape index (κ1) is 21.8. The van der Waals surface area contributed by atoms with Gasteiger partial charge in [0.15, 0.2) is 0 Å². The maximum Gasteiger partial charge on any atom is 0.258 e. The van der Waals surface area contributed by atoms with Gasteiger partial charge in [0.25, 0.3) is 5.56 Å². The van der Waals surface area contributed by atoms with Gasteiger partial charge < -0.3 is 9.88 Å². The molecular formula is C22H21ClN4O2S2. The van der Waals surface area contributed by atoms with Crippen molar-refractivity contribution in [1.29, 1.82) is 0 Å². The first-order valence-electron chi connectivity index (χ1n) is 9.92. The van der Waals surface area contributed by atoms with E-state index < -0.39 is 0 Å². The topological polar surface area (TPSA) is 79.0 Å². The van der Waals surface area contributed by atoms with Crippen LogP contribution in [0.1, 0.15) is 24.2 Å². The van der Waals surface area contributed by atoms with Gasteiger partial charge in [0.2, 0.25) is 5.91 Å². The molecule has 0 fully saturated rings. The molecule has 1 N–H and O–H groups in total. The Morgan fingerprint density at radius 3 is 2.84 bits per heavy atom. The Kier molecular flexibility index (Phi) is 6.89. The molecule has 0 saturated carbocycles. The highest BCUT2D eigenvalue weighted by molar-refractivity contribution is 7.99. The van der Waals surface area contributed by atoms with Crippen LogP contribution in [0.5, 0.6) is 0 Å². The summed E-state index contributed by atoms with van der Waals surface area (Å²) < 4.78 is 1.16. The van der Waals surface area contributed by atoms with Gasteiger partial charge in [-0.25, -0.2) is 9.97 Å². The molecule has 0 unspecified atom stereocenters. The zero-order chi connectivity index (χ0) is 21.8. The molecule has 2 aromatic carbocycles. The van der Waals surface area contributed by atoms with Gasteiger partial charge in [0, 0.05) is 17.3 Å². The molecule has 2 heterocycles. The van der Waals surface area contributed by atoms with Crippen molar-refractivity contribution in [3.8, 4) is 0 Å². The molecule has 0 aliphatic heterocycles. The molecule has 0 aliphatic rings. The maximum absolute atomic E-state index is 12.8. The Bertz CT molecular complexity index is 1250. The highest BCUT2D eigenvalue weighted by Crippen LogP contribution is 2.25. The molecule has 0 spiro atoms. The predicted molar refractivity (Wildman–Crippen MR) is 129 cm³/mol. The zero-order valence-corrected chi connectivity index (χ0v) is 19.3. The third-order valence-electron chi connectivity index (χ3n) is 4.69. The molecule has 4 aromatic rings. The Balaban J connectivity index is 1.42. The monoisotopic (exact) mass is 472 g/mol. The molecule has 0 saturated heterocycles. The number of aromatic nitrogens is 3.